The van der Waals surface area contributed by atoms with E-state index < -0.39 is 21.9 Å². The van der Waals surface area contributed by atoms with Crippen molar-refractivity contribution in [2.24, 2.45) is 0 Å². The van der Waals surface area contributed by atoms with Crippen molar-refractivity contribution in [2.75, 3.05) is 25.5 Å². The molecule has 7 nitrogen and oxygen atoms in total. The first-order valence-corrected chi connectivity index (χ1v) is 10.8. The molecule has 1 saturated heterocycles. The van der Waals surface area contributed by atoms with E-state index in [1.807, 2.05) is 0 Å². The minimum absolute atomic E-state index is 0.0931. The van der Waals surface area contributed by atoms with Crippen molar-refractivity contribution >= 4 is 38.9 Å². The highest BCUT2D eigenvalue weighted by Gasteiger charge is 2.26. The molecular weight excluding hydrogens is 388 g/mol. The summed E-state index contributed by atoms with van der Waals surface area (Å²) in [5.41, 5.74) is 0.538. The summed E-state index contributed by atoms with van der Waals surface area (Å²) in [6.45, 7) is 0.992. The highest BCUT2D eigenvalue weighted by molar-refractivity contribution is 7.89. The normalized spacial score (nSPS) is 15.3. The van der Waals surface area contributed by atoms with Gasteiger partial charge in [-0.3, -0.25) is 4.79 Å². The maximum atomic E-state index is 12.8. The van der Waals surface area contributed by atoms with Crippen molar-refractivity contribution < 1.29 is 22.7 Å². The monoisotopic (exact) mass is 408 g/mol. The molecule has 1 N–H and O–H groups in total. The number of nitrogens with zero attached hydrogens (tertiary/aromatic N) is 1. The summed E-state index contributed by atoms with van der Waals surface area (Å²) < 4.78 is 31.7. The van der Waals surface area contributed by atoms with Gasteiger partial charge in [0.25, 0.3) is 5.91 Å². The first-order valence-electron chi connectivity index (χ1n) is 8.51. The molecule has 1 aromatic carbocycles. The van der Waals surface area contributed by atoms with Crippen molar-refractivity contribution in [3.8, 4) is 0 Å². The molecule has 144 valence electrons. The van der Waals surface area contributed by atoms with Gasteiger partial charge in [-0.2, -0.15) is 4.31 Å². The topological polar surface area (TPSA) is 92.8 Å². The van der Waals surface area contributed by atoms with Gasteiger partial charge in [-0.15, -0.1) is 11.3 Å². The smallest absolute Gasteiger partial charge is 0.350 e. The summed E-state index contributed by atoms with van der Waals surface area (Å²) in [6, 6.07) is 7.53. The maximum absolute atomic E-state index is 12.8. The van der Waals surface area contributed by atoms with Crippen LogP contribution >= 0.6 is 11.3 Å². The van der Waals surface area contributed by atoms with Gasteiger partial charge in [0.05, 0.1) is 17.7 Å². The molecule has 3 rings (SSSR count). The average molecular weight is 409 g/mol. The molecule has 0 atom stereocenters. The lowest BCUT2D eigenvalue weighted by Crippen LogP contribution is -2.35. The Morgan fingerprint density at radius 2 is 1.89 bits per heavy atom. The van der Waals surface area contributed by atoms with Gasteiger partial charge >= 0.3 is 5.97 Å². The molecule has 2 aromatic rings. The molecule has 27 heavy (non-hydrogen) atoms. The highest BCUT2D eigenvalue weighted by atomic mass is 32.2. The fourth-order valence-corrected chi connectivity index (χ4v) is 5.23. The van der Waals surface area contributed by atoms with Gasteiger partial charge in [0.2, 0.25) is 10.0 Å². The van der Waals surface area contributed by atoms with E-state index in [-0.39, 0.29) is 15.3 Å². The Hall–Kier alpha value is -2.23. The fraction of sp³-hybridized carbons (Fsp3) is 0.333. The van der Waals surface area contributed by atoms with Crippen LogP contribution in [0.4, 0.5) is 5.69 Å². The van der Waals surface area contributed by atoms with E-state index in [4.69, 9.17) is 0 Å². The molecule has 0 radical (unpaired) electrons. The molecule has 0 spiro atoms. The van der Waals surface area contributed by atoms with Crippen LogP contribution in [0.2, 0.25) is 0 Å². The predicted octanol–water partition coefficient (Wildman–Crippen LogP) is 2.96. The number of anilines is 1. The number of benzene rings is 1. The van der Waals surface area contributed by atoms with Crippen molar-refractivity contribution in [2.45, 2.75) is 24.2 Å². The molecule has 9 heteroatoms. The number of rotatable bonds is 5. The average Bonchev–Trinajstić information content (AvgIpc) is 3.16. The summed E-state index contributed by atoms with van der Waals surface area (Å²) in [7, 11) is -2.36. The SMILES string of the molecule is COC(=O)c1sccc1NC(=O)c1cccc(S(=O)(=O)N2CCCCC2)c1. The van der Waals surface area contributed by atoms with Crippen molar-refractivity contribution in [3.63, 3.8) is 0 Å². The van der Waals surface area contributed by atoms with E-state index in [2.05, 4.69) is 10.1 Å². The molecule has 1 fully saturated rings. The molecule has 0 unspecified atom stereocenters. The Morgan fingerprint density at radius 3 is 2.59 bits per heavy atom. The lowest BCUT2D eigenvalue weighted by atomic mass is 10.2. The number of thiophene rings is 1. The summed E-state index contributed by atoms with van der Waals surface area (Å²) in [6.07, 6.45) is 2.71. The minimum atomic E-state index is -3.62. The van der Waals surface area contributed by atoms with Gasteiger partial charge in [0, 0.05) is 18.7 Å². The van der Waals surface area contributed by atoms with Crippen molar-refractivity contribution in [1.29, 1.82) is 0 Å². The molecule has 1 aromatic heterocycles. The summed E-state index contributed by atoms with van der Waals surface area (Å²) in [4.78, 5) is 24.7. The zero-order valence-electron chi connectivity index (χ0n) is 14.8. The summed E-state index contributed by atoms with van der Waals surface area (Å²) in [5.74, 6) is -1.03. The fourth-order valence-electron chi connectivity index (χ4n) is 2.91. The number of hydrogen-bond acceptors (Lipinski definition) is 6. The second-order valence-corrected chi connectivity index (χ2v) is 8.96. The quantitative estimate of drug-likeness (QED) is 0.768. The Morgan fingerprint density at radius 1 is 1.15 bits per heavy atom. The molecule has 2 heterocycles. The van der Waals surface area contributed by atoms with Gasteiger partial charge in [-0.25, -0.2) is 13.2 Å². The predicted molar refractivity (Wildman–Crippen MR) is 103 cm³/mol. The Balaban J connectivity index is 1.82. The number of amides is 1. The Labute approximate surface area is 162 Å². The van der Waals surface area contributed by atoms with Crippen LogP contribution in [-0.2, 0) is 14.8 Å². The van der Waals surface area contributed by atoms with Crippen LogP contribution in [0.15, 0.2) is 40.6 Å². The number of sulfonamides is 1. The van der Waals surface area contributed by atoms with Crippen LogP contribution in [0.3, 0.4) is 0 Å². The number of ether oxygens (including phenoxy) is 1. The number of hydrogen-bond donors (Lipinski definition) is 1. The lowest BCUT2D eigenvalue weighted by molar-refractivity contribution is 0.0607. The zero-order valence-corrected chi connectivity index (χ0v) is 16.4. The molecule has 0 aliphatic carbocycles. The van der Waals surface area contributed by atoms with E-state index in [9.17, 15) is 18.0 Å². The summed E-state index contributed by atoms with van der Waals surface area (Å²) in [5, 5.41) is 4.31. The van der Waals surface area contributed by atoms with Crippen molar-refractivity contribution in [1.82, 2.24) is 4.31 Å². The highest BCUT2D eigenvalue weighted by Crippen LogP contribution is 2.25. The second-order valence-electron chi connectivity index (χ2n) is 6.10. The molecular formula is C18H20N2O5S2. The summed E-state index contributed by atoms with van der Waals surface area (Å²) >= 11 is 1.15. The standard InChI is InChI=1S/C18H20N2O5S2/c1-25-18(22)16-15(8-11-26-16)19-17(21)13-6-5-7-14(12-13)27(23,24)20-9-3-2-4-10-20/h5-8,11-12H,2-4,9-10H2,1H3,(H,19,21). The third-order valence-corrected chi connectivity index (χ3v) is 7.12. The van der Waals surface area contributed by atoms with Gasteiger partial charge in [0.15, 0.2) is 0 Å². The zero-order chi connectivity index (χ0) is 19.4. The number of piperidine rings is 1. The third kappa shape index (κ3) is 4.20. The maximum Gasteiger partial charge on any atom is 0.350 e. The van der Waals surface area contributed by atoms with Crippen LogP contribution in [0.25, 0.3) is 0 Å². The molecule has 1 amide bonds. The number of nitrogens with one attached hydrogen (secondary N) is 1. The first kappa shape index (κ1) is 19.5. The van der Waals surface area contributed by atoms with E-state index in [1.54, 1.807) is 17.5 Å². The first-order chi connectivity index (χ1) is 12.9. The van der Waals surface area contributed by atoms with Crippen LogP contribution < -0.4 is 5.32 Å². The molecule has 0 saturated carbocycles. The number of carbonyl (C=O) groups excluding carboxylic acids is 2. The van der Waals surface area contributed by atoms with Gasteiger partial charge in [-0.05, 0) is 42.5 Å². The number of methoxy groups -OCH3 is 1. The lowest BCUT2D eigenvalue weighted by Gasteiger charge is -2.26. The van der Waals surface area contributed by atoms with Crippen LogP contribution in [0.1, 0.15) is 39.3 Å². The van der Waals surface area contributed by atoms with Gasteiger partial charge in [0.1, 0.15) is 4.88 Å². The third-order valence-electron chi connectivity index (χ3n) is 4.33. The van der Waals surface area contributed by atoms with Crippen LogP contribution in [0, 0.1) is 0 Å². The van der Waals surface area contributed by atoms with Crippen molar-refractivity contribution in [3.05, 3.63) is 46.2 Å². The molecule has 0 bridgehead atoms. The van der Waals surface area contributed by atoms with E-state index in [0.29, 0.717) is 18.8 Å². The largest absolute Gasteiger partial charge is 0.465 e. The van der Waals surface area contributed by atoms with Crippen LogP contribution in [0.5, 0.6) is 0 Å². The minimum Gasteiger partial charge on any atom is -0.465 e. The van der Waals surface area contributed by atoms with Crippen LogP contribution in [-0.4, -0.2) is 44.8 Å². The van der Waals surface area contributed by atoms with E-state index in [0.717, 1.165) is 30.6 Å². The Kier molecular flexibility index (Phi) is 5.93. The number of carbonyl (C=O) groups is 2. The van der Waals surface area contributed by atoms with Gasteiger partial charge < -0.3 is 10.1 Å². The number of esters is 1. The van der Waals surface area contributed by atoms with E-state index in [1.165, 1.54) is 29.6 Å². The van der Waals surface area contributed by atoms with Gasteiger partial charge in [-0.1, -0.05) is 12.5 Å². The molecule has 1 aliphatic heterocycles. The van der Waals surface area contributed by atoms with E-state index >= 15 is 0 Å². The molecule has 1 aliphatic rings. The second kappa shape index (κ2) is 8.20. The Bertz CT molecular complexity index is 946.